The molecule has 0 bridgehead atoms. The Bertz CT molecular complexity index is 380. The van der Waals surface area contributed by atoms with Crippen molar-refractivity contribution in [3.05, 3.63) is 22.8 Å². The molecule has 94 valence electrons. The SMILES string of the molecule is CNCc1nc(N(C)C2CCSC2)ccc1Cl. The lowest BCUT2D eigenvalue weighted by molar-refractivity contribution is 0.687. The number of nitrogens with one attached hydrogen (secondary N) is 1. The van der Waals surface area contributed by atoms with E-state index in [0.717, 1.165) is 16.5 Å². The molecule has 17 heavy (non-hydrogen) atoms. The lowest BCUT2D eigenvalue weighted by Gasteiger charge is -2.25. The van der Waals surface area contributed by atoms with E-state index < -0.39 is 0 Å². The molecule has 0 aliphatic carbocycles. The van der Waals surface area contributed by atoms with E-state index in [4.69, 9.17) is 11.6 Å². The van der Waals surface area contributed by atoms with Gasteiger partial charge in [-0.25, -0.2) is 4.98 Å². The zero-order valence-corrected chi connectivity index (χ0v) is 11.8. The summed E-state index contributed by atoms with van der Waals surface area (Å²) < 4.78 is 0. The van der Waals surface area contributed by atoms with E-state index in [1.54, 1.807) is 0 Å². The first-order valence-corrected chi connectivity index (χ1v) is 7.36. The highest BCUT2D eigenvalue weighted by molar-refractivity contribution is 7.99. The van der Waals surface area contributed by atoms with Gasteiger partial charge in [-0.1, -0.05) is 11.6 Å². The predicted molar refractivity (Wildman–Crippen MR) is 76.1 cm³/mol. The second-order valence-corrected chi connectivity index (χ2v) is 5.81. The Morgan fingerprint density at radius 2 is 2.41 bits per heavy atom. The molecule has 1 aliphatic heterocycles. The van der Waals surface area contributed by atoms with Gasteiger partial charge in [-0.2, -0.15) is 11.8 Å². The highest BCUT2D eigenvalue weighted by Gasteiger charge is 2.21. The van der Waals surface area contributed by atoms with Gasteiger partial charge in [0, 0.05) is 25.4 Å². The second-order valence-electron chi connectivity index (χ2n) is 4.26. The fourth-order valence-electron chi connectivity index (χ4n) is 1.98. The highest BCUT2D eigenvalue weighted by Crippen LogP contribution is 2.26. The van der Waals surface area contributed by atoms with Crippen LogP contribution in [-0.2, 0) is 6.54 Å². The third kappa shape index (κ3) is 3.06. The third-order valence-electron chi connectivity index (χ3n) is 3.06. The number of nitrogens with zero attached hydrogens (tertiary/aromatic N) is 2. The van der Waals surface area contributed by atoms with Gasteiger partial charge in [0.2, 0.25) is 0 Å². The predicted octanol–water partition coefficient (Wildman–Crippen LogP) is 2.40. The minimum Gasteiger partial charge on any atom is -0.356 e. The Labute approximate surface area is 112 Å². The smallest absolute Gasteiger partial charge is 0.128 e. The van der Waals surface area contributed by atoms with Crippen LogP contribution in [0.3, 0.4) is 0 Å². The van der Waals surface area contributed by atoms with Crippen LogP contribution in [0.5, 0.6) is 0 Å². The van der Waals surface area contributed by atoms with Crippen LogP contribution in [-0.4, -0.2) is 36.6 Å². The van der Waals surface area contributed by atoms with Gasteiger partial charge in [0.05, 0.1) is 10.7 Å². The van der Waals surface area contributed by atoms with Crippen molar-refractivity contribution >= 4 is 29.2 Å². The van der Waals surface area contributed by atoms with Crippen molar-refractivity contribution in [1.29, 1.82) is 0 Å². The second kappa shape index (κ2) is 5.94. The number of hydrogen-bond donors (Lipinski definition) is 1. The maximum Gasteiger partial charge on any atom is 0.128 e. The Balaban J connectivity index is 2.16. The molecule has 0 spiro atoms. The number of halogens is 1. The van der Waals surface area contributed by atoms with E-state index in [0.29, 0.717) is 12.6 Å². The molecule has 0 aromatic carbocycles. The van der Waals surface area contributed by atoms with Crippen molar-refractivity contribution in [2.75, 3.05) is 30.5 Å². The average Bonchev–Trinajstić information content (AvgIpc) is 2.85. The molecule has 1 atom stereocenters. The number of hydrogen-bond acceptors (Lipinski definition) is 4. The maximum atomic E-state index is 6.11. The number of aromatic nitrogens is 1. The number of anilines is 1. The Morgan fingerprint density at radius 1 is 1.59 bits per heavy atom. The van der Waals surface area contributed by atoms with Gasteiger partial charge in [-0.05, 0) is 31.4 Å². The fourth-order valence-corrected chi connectivity index (χ4v) is 3.42. The van der Waals surface area contributed by atoms with Gasteiger partial charge in [-0.15, -0.1) is 0 Å². The summed E-state index contributed by atoms with van der Waals surface area (Å²) in [7, 11) is 4.03. The van der Waals surface area contributed by atoms with Gasteiger partial charge in [0.25, 0.3) is 0 Å². The third-order valence-corrected chi connectivity index (χ3v) is 4.55. The molecular weight excluding hydrogens is 254 g/mol. The van der Waals surface area contributed by atoms with Crippen molar-refractivity contribution < 1.29 is 0 Å². The van der Waals surface area contributed by atoms with Crippen molar-refractivity contribution in [2.24, 2.45) is 0 Å². The van der Waals surface area contributed by atoms with E-state index in [-0.39, 0.29) is 0 Å². The molecule has 1 aromatic rings. The van der Waals surface area contributed by atoms with E-state index in [1.165, 1.54) is 17.9 Å². The van der Waals surface area contributed by atoms with Gasteiger partial charge >= 0.3 is 0 Å². The molecular formula is C12H18ClN3S. The average molecular weight is 272 g/mol. The molecule has 2 heterocycles. The molecule has 1 N–H and O–H groups in total. The summed E-state index contributed by atoms with van der Waals surface area (Å²) in [6, 6.07) is 4.55. The standard InChI is InChI=1S/C12H18ClN3S/c1-14-7-11-10(13)3-4-12(15-11)16(2)9-5-6-17-8-9/h3-4,9,14H,5-8H2,1-2H3. The topological polar surface area (TPSA) is 28.2 Å². The fraction of sp³-hybridized carbons (Fsp3) is 0.583. The number of pyridine rings is 1. The Kier molecular flexibility index (Phi) is 4.54. The van der Waals surface area contributed by atoms with Gasteiger partial charge in [-0.3, -0.25) is 0 Å². The Hall–Kier alpha value is -0.450. The summed E-state index contributed by atoms with van der Waals surface area (Å²) in [5.74, 6) is 3.47. The van der Waals surface area contributed by atoms with Gasteiger partial charge < -0.3 is 10.2 Å². The van der Waals surface area contributed by atoms with E-state index >= 15 is 0 Å². The molecule has 1 aromatic heterocycles. The first-order chi connectivity index (χ1) is 8.22. The summed E-state index contributed by atoms with van der Waals surface area (Å²) in [5, 5.41) is 3.82. The van der Waals surface area contributed by atoms with Crippen molar-refractivity contribution in [3.8, 4) is 0 Å². The molecule has 1 fully saturated rings. The van der Waals surface area contributed by atoms with Crippen LogP contribution >= 0.6 is 23.4 Å². The molecule has 5 heteroatoms. The minimum atomic E-state index is 0.608. The minimum absolute atomic E-state index is 0.608. The molecule has 1 aliphatic rings. The molecule has 0 amide bonds. The van der Waals surface area contributed by atoms with Crippen LogP contribution in [0.1, 0.15) is 12.1 Å². The van der Waals surface area contributed by atoms with Crippen LogP contribution < -0.4 is 10.2 Å². The molecule has 1 unspecified atom stereocenters. The highest BCUT2D eigenvalue weighted by atomic mass is 35.5. The molecule has 0 saturated carbocycles. The number of rotatable bonds is 4. The van der Waals surface area contributed by atoms with Gasteiger partial charge in [0.15, 0.2) is 0 Å². The lowest BCUT2D eigenvalue weighted by Crippen LogP contribution is -2.32. The molecule has 3 nitrogen and oxygen atoms in total. The lowest BCUT2D eigenvalue weighted by atomic mass is 10.2. The summed E-state index contributed by atoms with van der Waals surface area (Å²) in [5.41, 5.74) is 0.921. The number of thioether (sulfide) groups is 1. The monoisotopic (exact) mass is 271 g/mol. The first kappa shape index (κ1) is 13.0. The maximum absolute atomic E-state index is 6.11. The van der Waals surface area contributed by atoms with E-state index in [1.807, 2.05) is 30.9 Å². The van der Waals surface area contributed by atoms with E-state index in [2.05, 4.69) is 22.2 Å². The summed E-state index contributed by atoms with van der Waals surface area (Å²) in [6.45, 7) is 0.708. The summed E-state index contributed by atoms with van der Waals surface area (Å²) in [4.78, 5) is 6.90. The van der Waals surface area contributed by atoms with Crippen LogP contribution in [0, 0.1) is 0 Å². The molecule has 1 saturated heterocycles. The normalized spacial score (nSPS) is 19.6. The van der Waals surface area contributed by atoms with E-state index in [9.17, 15) is 0 Å². The van der Waals surface area contributed by atoms with Gasteiger partial charge in [0.1, 0.15) is 5.82 Å². The van der Waals surface area contributed by atoms with Crippen LogP contribution in [0.15, 0.2) is 12.1 Å². The quantitative estimate of drug-likeness (QED) is 0.910. The first-order valence-electron chi connectivity index (χ1n) is 5.83. The Morgan fingerprint density at radius 3 is 3.06 bits per heavy atom. The van der Waals surface area contributed by atoms with Crippen molar-refractivity contribution in [1.82, 2.24) is 10.3 Å². The zero-order chi connectivity index (χ0) is 12.3. The molecule has 0 radical (unpaired) electrons. The van der Waals surface area contributed by atoms with Crippen molar-refractivity contribution in [3.63, 3.8) is 0 Å². The molecule has 2 rings (SSSR count). The largest absolute Gasteiger partial charge is 0.356 e. The van der Waals surface area contributed by atoms with Crippen LogP contribution in [0.2, 0.25) is 5.02 Å². The van der Waals surface area contributed by atoms with Crippen molar-refractivity contribution in [2.45, 2.75) is 19.0 Å². The van der Waals surface area contributed by atoms with Crippen LogP contribution in [0.25, 0.3) is 0 Å². The zero-order valence-electron chi connectivity index (χ0n) is 10.2. The summed E-state index contributed by atoms with van der Waals surface area (Å²) in [6.07, 6.45) is 1.24. The van der Waals surface area contributed by atoms with Crippen LogP contribution in [0.4, 0.5) is 5.82 Å². The summed E-state index contributed by atoms with van der Waals surface area (Å²) >= 11 is 8.13.